The van der Waals surface area contributed by atoms with Gasteiger partial charge >= 0.3 is 0 Å². The monoisotopic (exact) mass is 343 g/mol. The first-order valence-electron chi connectivity index (χ1n) is 7.31. The Morgan fingerprint density at radius 3 is 2.70 bits per heavy atom. The van der Waals surface area contributed by atoms with Gasteiger partial charge in [0.25, 0.3) is 0 Å². The molecule has 1 unspecified atom stereocenters. The van der Waals surface area contributed by atoms with Crippen LogP contribution in [0, 0.1) is 5.82 Å². The van der Waals surface area contributed by atoms with Gasteiger partial charge in [-0.2, -0.15) is 0 Å². The number of nitrogens with one attached hydrogen (secondary N) is 1. The zero-order valence-electron chi connectivity index (χ0n) is 12.2. The first-order valence-corrected chi connectivity index (χ1v) is 8.10. The first kappa shape index (κ1) is 15.9. The van der Waals surface area contributed by atoms with E-state index in [9.17, 15) is 4.39 Å². The minimum Gasteiger partial charge on any atom is -0.378 e. The Balaban J connectivity index is 2.04. The van der Waals surface area contributed by atoms with Gasteiger partial charge in [0.05, 0.1) is 5.60 Å². The van der Waals surface area contributed by atoms with Crippen LogP contribution in [-0.4, -0.2) is 25.3 Å². The van der Waals surface area contributed by atoms with E-state index in [0.29, 0.717) is 6.42 Å². The van der Waals surface area contributed by atoms with Crippen molar-refractivity contribution in [1.82, 2.24) is 5.32 Å². The zero-order chi connectivity index (χ0) is 14.6. The van der Waals surface area contributed by atoms with Crippen LogP contribution in [0.25, 0.3) is 0 Å². The van der Waals surface area contributed by atoms with Crippen LogP contribution < -0.4 is 5.32 Å². The third-order valence-corrected chi connectivity index (χ3v) is 4.78. The number of hydrogen-bond donors (Lipinski definition) is 1. The summed E-state index contributed by atoms with van der Waals surface area (Å²) in [5, 5.41) is 3.47. The molecular formula is C16H23BrFNO. The summed E-state index contributed by atoms with van der Waals surface area (Å²) in [6.45, 7) is 2.98. The average molecular weight is 344 g/mol. The van der Waals surface area contributed by atoms with Gasteiger partial charge in [-0.05, 0) is 56.3 Å². The van der Waals surface area contributed by atoms with E-state index in [1.165, 1.54) is 12.5 Å². The van der Waals surface area contributed by atoms with Crippen LogP contribution in [0.3, 0.4) is 0 Å². The molecule has 0 radical (unpaired) electrons. The molecule has 1 fully saturated rings. The van der Waals surface area contributed by atoms with E-state index in [4.69, 9.17) is 4.74 Å². The molecule has 0 aliphatic heterocycles. The SMILES string of the molecule is CCNC(Cc1ccc(Br)cc1F)CC1(OC)CCC1. The first-order chi connectivity index (χ1) is 9.58. The van der Waals surface area contributed by atoms with Crippen molar-refractivity contribution in [2.45, 2.75) is 50.7 Å². The summed E-state index contributed by atoms with van der Waals surface area (Å²) in [6, 6.07) is 5.56. The van der Waals surface area contributed by atoms with E-state index in [0.717, 1.165) is 35.8 Å². The Morgan fingerprint density at radius 2 is 2.20 bits per heavy atom. The van der Waals surface area contributed by atoms with Crippen molar-refractivity contribution in [3.63, 3.8) is 0 Å². The molecule has 0 heterocycles. The third-order valence-electron chi connectivity index (χ3n) is 4.29. The highest BCUT2D eigenvalue weighted by molar-refractivity contribution is 9.10. The third kappa shape index (κ3) is 3.80. The molecule has 2 nitrogen and oxygen atoms in total. The van der Waals surface area contributed by atoms with Gasteiger partial charge in [-0.15, -0.1) is 0 Å². The van der Waals surface area contributed by atoms with E-state index < -0.39 is 0 Å². The van der Waals surface area contributed by atoms with Crippen molar-refractivity contribution < 1.29 is 9.13 Å². The van der Waals surface area contributed by atoms with E-state index in [2.05, 4.69) is 28.2 Å². The predicted octanol–water partition coefficient (Wildman–Crippen LogP) is 4.07. The number of ether oxygens (including phenoxy) is 1. The fourth-order valence-corrected chi connectivity index (χ4v) is 3.30. The van der Waals surface area contributed by atoms with Crippen LogP contribution in [0.4, 0.5) is 4.39 Å². The van der Waals surface area contributed by atoms with E-state index in [1.54, 1.807) is 7.11 Å². The number of methoxy groups -OCH3 is 1. The molecule has 0 amide bonds. The number of likely N-dealkylation sites (N-methyl/N-ethyl adjacent to an activating group) is 1. The lowest BCUT2D eigenvalue weighted by Crippen LogP contribution is -2.46. The highest BCUT2D eigenvalue weighted by Gasteiger charge is 2.38. The second-order valence-electron chi connectivity index (χ2n) is 5.64. The van der Waals surface area contributed by atoms with Gasteiger partial charge in [0.2, 0.25) is 0 Å². The van der Waals surface area contributed by atoms with Crippen molar-refractivity contribution in [1.29, 1.82) is 0 Å². The molecule has 4 heteroatoms. The van der Waals surface area contributed by atoms with Crippen LogP contribution in [0.2, 0.25) is 0 Å². The van der Waals surface area contributed by atoms with Crippen molar-refractivity contribution in [2.24, 2.45) is 0 Å². The lowest BCUT2D eigenvalue weighted by molar-refractivity contribution is -0.0833. The smallest absolute Gasteiger partial charge is 0.127 e. The fraction of sp³-hybridized carbons (Fsp3) is 0.625. The summed E-state index contributed by atoms with van der Waals surface area (Å²) in [7, 11) is 1.79. The number of benzene rings is 1. The van der Waals surface area contributed by atoms with E-state index >= 15 is 0 Å². The van der Waals surface area contributed by atoms with Gasteiger partial charge in [0.15, 0.2) is 0 Å². The van der Waals surface area contributed by atoms with Gasteiger partial charge in [-0.1, -0.05) is 28.9 Å². The number of rotatable bonds is 7. The van der Waals surface area contributed by atoms with Crippen molar-refractivity contribution >= 4 is 15.9 Å². The van der Waals surface area contributed by atoms with Crippen molar-refractivity contribution in [3.05, 3.63) is 34.1 Å². The summed E-state index contributed by atoms with van der Waals surface area (Å²) < 4.78 is 20.5. The predicted molar refractivity (Wildman–Crippen MR) is 83.5 cm³/mol. The minimum atomic E-state index is -0.137. The minimum absolute atomic E-state index is 0.0126. The molecule has 1 aliphatic rings. The van der Waals surface area contributed by atoms with Gasteiger partial charge < -0.3 is 10.1 Å². The quantitative estimate of drug-likeness (QED) is 0.805. The maximum absolute atomic E-state index is 14.0. The van der Waals surface area contributed by atoms with Crippen LogP contribution in [0.5, 0.6) is 0 Å². The van der Waals surface area contributed by atoms with Crippen LogP contribution >= 0.6 is 15.9 Å². The second-order valence-corrected chi connectivity index (χ2v) is 6.55. The van der Waals surface area contributed by atoms with Crippen molar-refractivity contribution in [3.8, 4) is 0 Å². The van der Waals surface area contributed by atoms with Gasteiger partial charge in [0.1, 0.15) is 5.82 Å². The van der Waals surface area contributed by atoms with Crippen molar-refractivity contribution in [2.75, 3.05) is 13.7 Å². The lowest BCUT2D eigenvalue weighted by atomic mass is 9.75. The Bertz CT molecular complexity index is 443. The normalized spacial score (nSPS) is 18.6. The molecule has 20 heavy (non-hydrogen) atoms. The van der Waals surface area contributed by atoms with Gasteiger partial charge in [-0.25, -0.2) is 4.39 Å². The standard InChI is InChI=1S/C16H23BrFNO/c1-3-19-14(11-16(20-2)7-4-8-16)9-12-5-6-13(17)10-15(12)18/h5-6,10,14,19H,3-4,7-9,11H2,1-2H3. The van der Waals surface area contributed by atoms with Crippen LogP contribution in [0.15, 0.2) is 22.7 Å². The summed E-state index contributed by atoms with van der Waals surface area (Å²) in [6.07, 6.45) is 5.13. The summed E-state index contributed by atoms with van der Waals surface area (Å²) in [5.41, 5.74) is 0.781. The molecule has 0 aromatic heterocycles. The lowest BCUT2D eigenvalue weighted by Gasteiger charge is -2.43. The fourth-order valence-electron chi connectivity index (χ4n) is 2.97. The molecule has 1 saturated carbocycles. The Kier molecular flexibility index (Phi) is 5.58. The summed E-state index contributed by atoms with van der Waals surface area (Å²) in [4.78, 5) is 0. The molecule has 0 saturated heterocycles. The van der Waals surface area contributed by atoms with E-state index in [-0.39, 0.29) is 17.5 Å². The Hall–Kier alpha value is -0.450. The topological polar surface area (TPSA) is 21.3 Å². The van der Waals surface area contributed by atoms with E-state index in [1.807, 2.05) is 12.1 Å². The maximum atomic E-state index is 14.0. The average Bonchev–Trinajstić information content (AvgIpc) is 2.37. The van der Waals surface area contributed by atoms with Crippen LogP contribution in [0.1, 0.15) is 38.2 Å². The molecule has 1 aromatic carbocycles. The number of halogens is 2. The molecule has 1 atom stereocenters. The molecule has 0 bridgehead atoms. The highest BCUT2D eigenvalue weighted by atomic mass is 79.9. The molecule has 2 rings (SSSR count). The summed E-state index contributed by atoms with van der Waals surface area (Å²) >= 11 is 3.30. The summed E-state index contributed by atoms with van der Waals surface area (Å²) in [5.74, 6) is -0.137. The molecule has 0 spiro atoms. The Morgan fingerprint density at radius 1 is 1.45 bits per heavy atom. The van der Waals surface area contributed by atoms with Crippen LogP contribution in [-0.2, 0) is 11.2 Å². The largest absolute Gasteiger partial charge is 0.378 e. The zero-order valence-corrected chi connectivity index (χ0v) is 13.8. The Labute approximate surface area is 129 Å². The molecule has 1 N–H and O–H groups in total. The number of hydrogen-bond acceptors (Lipinski definition) is 2. The highest BCUT2D eigenvalue weighted by Crippen LogP contribution is 2.39. The second kappa shape index (κ2) is 7.01. The molecule has 112 valence electrons. The molecular weight excluding hydrogens is 321 g/mol. The maximum Gasteiger partial charge on any atom is 0.127 e. The molecule has 1 aliphatic carbocycles. The van der Waals surface area contributed by atoms with Gasteiger partial charge in [-0.3, -0.25) is 0 Å². The molecule has 1 aromatic rings. The van der Waals surface area contributed by atoms with Gasteiger partial charge in [0, 0.05) is 17.6 Å².